The van der Waals surface area contributed by atoms with Crippen LogP contribution >= 0.6 is 0 Å². The van der Waals surface area contributed by atoms with Crippen LogP contribution in [0, 0.1) is 0 Å². The molecule has 6 nitrogen and oxygen atoms in total. The van der Waals surface area contributed by atoms with Gasteiger partial charge in [0.15, 0.2) is 0 Å². The van der Waals surface area contributed by atoms with Crippen molar-refractivity contribution in [2.24, 2.45) is 0 Å². The summed E-state index contributed by atoms with van der Waals surface area (Å²) in [5.41, 5.74) is 5.44. The van der Waals surface area contributed by atoms with Crippen LogP contribution in [0.15, 0.2) is 66.7 Å². The molecule has 5 rings (SSSR count). The predicted octanol–water partition coefficient (Wildman–Crippen LogP) is 4.53. The zero-order chi connectivity index (χ0) is 21.4. The Morgan fingerprint density at radius 2 is 1.65 bits per heavy atom. The van der Waals surface area contributed by atoms with Crippen molar-refractivity contribution < 1.29 is 24.2 Å². The monoisotopic (exact) mass is 415 g/mol. The Morgan fingerprint density at radius 1 is 0.968 bits per heavy atom. The van der Waals surface area contributed by atoms with Gasteiger partial charge in [-0.05, 0) is 28.3 Å². The van der Waals surface area contributed by atoms with Gasteiger partial charge in [0, 0.05) is 11.5 Å². The number of hydrogen-bond acceptors (Lipinski definition) is 4. The Hall–Kier alpha value is -3.80. The van der Waals surface area contributed by atoms with Gasteiger partial charge in [-0.3, -0.25) is 0 Å². The van der Waals surface area contributed by atoms with Gasteiger partial charge in [0.1, 0.15) is 24.5 Å². The van der Waals surface area contributed by atoms with E-state index in [-0.39, 0.29) is 31.2 Å². The Balaban J connectivity index is 1.34. The number of amides is 1. The van der Waals surface area contributed by atoms with E-state index >= 15 is 0 Å². The highest BCUT2D eigenvalue weighted by atomic mass is 16.6. The van der Waals surface area contributed by atoms with Crippen LogP contribution in [0.1, 0.15) is 33.0 Å². The van der Waals surface area contributed by atoms with E-state index in [1.54, 1.807) is 17.0 Å². The zero-order valence-corrected chi connectivity index (χ0v) is 16.8. The molecule has 0 unspecified atom stereocenters. The van der Waals surface area contributed by atoms with Crippen molar-refractivity contribution in [3.63, 3.8) is 0 Å². The maximum atomic E-state index is 12.9. The van der Waals surface area contributed by atoms with E-state index in [4.69, 9.17) is 9.47 Å². The molecule has 0 spiro atoms. The molecule has 1 amide bonds. The summed E-state index contributed by atoms with van der Waals surface area (Å²) in [4.78, 5) is 25.9. The number of carboxylic acid groups (broad SMARTS) is 1. The number of ether oxygens (including phenoxy) is 2. The number of para-hydroxylation sites is 1. The highest BCUT2D eigenvalue weighted by molar-refractivity contribution is 5.91. The smallest absolute Gasteiger partial charge is 0.410 e. The lowest BCUT2D eigenvalue weighted by Crippen LogP contribution is -2.33. The van der Waals surface area contributed by atoms with Crippen LogP contribution in [0.4, 0.5) is 4.79 Å². The lowest BCUT2D eigenvalue weighted by Gasteiger charge is -2.21. The van der Waals surface area contributed by atoms with Crippen LogP contribution in [0.2, 0.25) is 0 Å². The van der Waals surface area contributed by atoms with Crippen LogP contribution in [-0.2, 0) is 11.3 Å². The molecule has 2 aliphatic rings. The Bertz CT molecular complexity index is 1130. The van der Waals surface area contributed by atoms with Crippen LogP contribution in [0.25, 0.3) is 11.1 Å². The molecule has 0 fully saturated rings. The molecule has 3 aromatic carbocycles. The number of nitrogens with zero attached hydrogens (tertiary/aromatic N) is 1. The molecule has 6 heteroatoms. The van der Waals surface area contributed by atoms with Gasteiger partial charge >= 0.3 is 12.1 Å². The summed E-state index contributed by atoms with van der Waals surface area (Å²) in [5, 5.41) is 9.39. The maximum Gasteiger partial charge on any atom is 0.410 e. The van der Waals surface area contributed by atoms with E-state index in [1.165, 1.54) is 17.2 Å². The second-order valence-electron chi connectivity index (χ2n) is 7.67. The summed E-state index contributed by atoms with van der Waals surface area (Å²) in [5.74, 6) is -0.735. The SMILES string of the molecule is O=C(O)c1cccc2c1OCCN(C(=O)OCC1c3ccccc3-c3ccccc31)C2. The fourth-order valence-corrected chi connectivity index (χ4v) is 4.43. The highest BCUT2D eigenvalue weighted by Gasteiger charge is 2.30. The van der Waals surface area contributed by atoms with Crippen molar-refractivity contribution in [1.82, 2.24) is 4.90 Å². The van der Waals surface area contributed by atoms with Gasteiger partial charge in [-0.2, -0.15) is 0 Å². The fourth-order valence-electron chi connectivity index (χ4n) is 4.43. The summed E-state index contributed by atoms with van der Waals surface area (Å²) in [6.45, 7) is 1.02. The number of carbonyl (C=O) groups excluding carboxylic acids is 1. The topological polar surface area (TPSA) is 76.1 Å². The molecule has 0 atom stereocenters. The van der Waals surface area contributed by atoms with Crippen molar-refractivity contribution in [2.75, 3.05) is 19.8 Å². The quantitative estimate of drug-likeness (QED) is 0.680. The van der Waals surface area contributed by atoms with Gasteiger partial charge in [0.25, 0.3) is 0 Å². The second kappa shape index (κ2) is 7.80. The van der Waals surface area contributed by atoms with Gasteiger partial charge in [-0.15, -0.1) is 0 Å². The summed E-state index contributed by atoms with van der Waals surface area (Å²) in [6, 6.07) is 21.3. The summed E-state index contributed by atoms with van der Waals surface area (Å²) < 4.78 is 11.4. The highest BCUT2D eigenvalue weighted by Crippen LogP contribution is 2.44. The molecular weight excluding hydrogens is 394 g/mol. The minimum Gasteiger partial charge on any atom is -0.490 e. The zero-order valence-electron chi connectivity index (χ0n) is 16.8. The third-order valence-corrected chi connectivity index (χ3v) is 5.89. The number of fused-ring (bicyclic) bond motifs is 4. The van der Waals surface area contributed by atoms with E-state index in [2.05, 4.69) is 24.3 Å². The summed E-state index contributed by atoms with van der Waals surface area (Å²) in [6.07, 6.45) is -0.431. The number of carboxylic acids is 1. The fraction of sp³-hybridized carbons (Fsp3) is 0.200. The van der Waals surface area contributed by atoms with Crippen molar-refractivity contribution in [1.29, 1.82) is 0 Å². The average molecular weight is 415 g/mol. The Kier molecular flexibility index (Phi) is 4.82. The van der Waals surface area contributed by atoms with E-state index in [0.29, 0.717) is 17.9 Å². The average Bonchev–Trinajstić information content (AvgIpc) is 2.94. The molecule has 156 valence electrons. The number of aromatic carboxylic acids is 1. The van der Waals surface area contributed by atoms with Gasteiger partial charge < -0.3 is 19.5 Å². The van der Waals surface area contributed by atoms with Gasteiger partial charge in [-0.1, -0.05) is 60.7 Å². The number of carbonyl (C=O) groups is 2. The third kappa shape index (κ3) is 3.40. The summed E-state index contributed by atoms with van der Waals surface area (Å²) in [7, 11) is 0. The van der Waals surface area contributed by atoms with E-state index in [0.717, 1.165) is 11.1 Å². The molecule has 1 aliphatic carbocycles. The van der Waals surface area contributed by atoms with Crippen molar-refractivity contribution in [2.45, 2.75) is 12.5 Å². The molecule has 0 saturated heterocycles. The molecular formula is C25H21NO5. The number of hydrogen-bond donors (Lipinski definition) is 1. The van der Waals surface area contributed by atoms with Gasteiger partial charge in [0.05, 0.1) is 13.1 Å². The molecule has 31 heavy (non-hydrogen) atoms. The predicted molar refractivity (Wildman–Crippen MR) is 114 cm³/mol. The minimum absolute atomic E-state index is 0.00882. The second-order valence-corrected chi connectivity index (χ2v) is 7.67. The van der Waals surface area contributed by atoms with Crippen LogP contribution < -0.4 is 4.74 Å². The van der Waals surface area contributed by atoms with Crippen molar-refractivity contribution >= 4 is 12.1 Å². The molecule has 0 aromatic heterocycles. The van der Waals surface area contributed by atoms with Crippen LogP contribution in [-0.4, -0.2) is 41.8 Å². The molecule has 1 heterocycles. The first kappa shape index (κ1) is 19.2. The van der Waals surface area contributed by atoms with Crippen molar-refractivity contribution in [3.8, 4) is 16.9 Å². The molecule has 1 aliphatic heterocycles. The third-order valence-electron chi connectivity index (χ3n) is 5.89. The van der Waals surface area contributed by atoms with Gasteiger partial charge in [0.2, 0.25) is 0 Å². The number of rotatable bonds is 3. The standard InChI is InChI=1S/C25H21NO5/c27-24(28)21-11-5-6-16-14-26(12-13-30-23(16)21)25(29)31-15-22-19-9-3-1-7-17(19)18-8-2-4-10-20(18)22/h1-11,22H,12-15H2,(H,27,28). The molecule has 0 radical (unpaired) electrons. The first-order valence-electron chi connectivity index (χ1n) is 10.2. The molecule has 1 N–H and O–H groups in total. The first-order valence-corrected chi connectivity index (χ1v) is 10.2. The Labute approximate surface area is 179 Å². The Morgan fingerprint density at radius 3 is 2.32 bits per heavy atom. The summed E-state index contributed by atoms with van der Waals surface area (Å²) >= 11 is 0. The molecule has 0 bridgehead atoms. The van der Waals surface area contributed by atoms with Crippen LogP contribution in [0.3, 0.4) is 0 Å². The minimum atomic E-state index is -1.05. The van der Waals surface area contributed by atoms with Crippen molar-refractivity contribution in [3.05, 3.63) is 89.0 Å². The normalized spacial score (nSPS) is 14.6. The lowest BCUT2D eigenvalue weighted by molar-refractivity contribution is 0.0691. The molecule has 0 saturated carbocycles. The van der Waals surface area contributed by atoms with E-state index < -0.39 is 12.1 Å². The number of benzene rings is 3. The largest absolute Gasteiger partial charge is 0.490 e. The van der Waals surface area contributed by atoms with Crippen LogP contribution in [0.5, 0.6) is 5.75 Å². The first-order chi connectivity index (χ1) is 15.1. The lowest BCUT2D eigenvalue weighted by atomic mass is 9.98. The van der Waals surface area contributed by atoms with E-state index in [9.17, 15) is 14.7 Å². The van der Waals surface area contributed by atoms with E-state index in [1.807, 2.05) is 24.3 Å². The molecule has 3 aromatic rings. The maximum absolute atomic E-state index is 12.9. The van der Waals surface area contributed by atoms with Gasteiger partial charge in [-0.25, -0.2) is 9.59 Å².